The van der Waals surface area contributed by atoms with E-state index in [0.717, 1.165) is 6.07 Å². The highest BCUT2D eigenvalue weighted by Gasteiger charge is 2.19. The summed E-state index contributed by atoms with van der Waals surface area (Å²) in [6, 6.07) is 2.51. The maximum absolute atomic E-state index is 10.7. The van der Waals surface area contributed by atoms with Crippen molar-refractivity contribution >= 4 is 17.9 Å². The van der Waals surface area contributed by atoms with Gasteiger partial charge >= 0.3 is 5.97 Å². The monoisotopic (exact) mass is 223 g/mol. The van der Waals surface area contributed by atoms with Crippen LogP contribution in [0.15, 0.2) is 12.1 Å². The van der Waals surface area contributed by atoms with Crippen LogP contribution in [-0.2, 0) is 11.2 Å². The first-order valence-electron chi connectivity index (χ1n) is 4.40. The van der Waals surface area contributed by atoms with Crippen molar-refractivity contribution in [3.05, 3.63) is 38.9 Å². The number of carboxylic acids is 1. The average molecular weight is 223 g/mol. The van der Waals surface area contributed by atoms with Crippen LogP contribution in [0, 0.1) is 17.0 Å². The molecule has 0 fully saturated rings. The minimum Gasteiger partial charge on any atom is -0.481 e. The van der Waals surface area contributed by atoms with E-state index >= 15 is 0 Å². The number of aliphatic carboxylic acids is 1. The van der Waals surface area contributed by atoms with Crippen molar-refractivity contribution in [2.75, 3.05) is 0 Å². The van der Waals surface area contributed by atoms with E-state index in [1.54, 1.807) is 0 Å². The highest BCUT2D eigenvalue weighted by atomic mass is 16.6. The van der Waals surface area contributed by atoms with E-state index in [0.29, 0.717) is 11.8 Å². The Morgan fingerprint density at radius 3 is 2.62 bits per heavy atom. The largest absolute Gasteiger partial charge is 0.481 e. The SMILES string of the molecule is Cc1cc(C=O)cc([N+](=O)[O-])c1CC(=O)O. The molecule has 1 aromatic rings. The van der Waals surface area contributed by atoms with Crippen molar-refractivity contribution in [1.29, 1.82) is 0 Å². The Morgan fingerprint density at radius 1 is 1.56 bits per heavy atom. The Morgan fingerprint density at radius 2 is 2.19 bits per heavy atom. The summed E-state index contributed by atoms with van der Waals surface area (Å²) in [4.78, 5) is 31.1. The topological polar surface area (TPSA) is 97.5 Å². The van der Waals surface area contributed by atoms with E-state index in [4.69, 9.17) is 5.11 Å². The quantitative estimate of drug-likeness (QED) is 0.472. The second-order valence-corrected chi connectivity index (χ2v) is 3.28. The van der Waals surface area contributed by atoms with Crippen LogP contribution in [0.4, 0.5) is 5.69 Å². The Hall–Kier alpha value is -2.24. The maximum Gasteiger partial charge on any atom is 0.308 e. The predicted octanol–water partition coefficient (Wildman–Crippen LogP) is 1.34. The molecule has 1 rings (SSSR count). The van der Waals surface area contributed by atoms with Gasteiger partial charge in [0.15, 0.2) is 0 Å². The third-order valence-corrected chi connectivity index (χ3v) is 2.13. The van der Waals surface area contributed by atoms with E-state index in [1.165, 1.54) is 13.0 Å². The third-order valence-electron chi connectivity index (χ3n) is 2.13. The first kappa shape index (κ1) is 11.8. The van der Waals surface area contributed by atoms with E-state index in [1.807, 2.05) is 0 Å². The van der Waals surface area contributed by atoms with Crippen LogP contribution in [0.5, 0.6) is 0 Å². The molecular formula is C10H9NO5. The molecule has 0 aromatic heterocycles. The normalized spacial score (nSPS) is 9.81. The molecule has 84 valence electrons. The van der Waals surface area contributed by atoms with Crippen LogP contribution in [0.1, 0.15) is 21.5 Å². The van der Waals surface area contributed by atoms with Crippen LogP contribution in [-0.4, -0.2) is 22.3 Å². The Labute approximate surface area is 90.7 Å². The molecule has 0 unspecified atom stereocenters. The van der Waals surface area contributed by atoms with E-state index < -0.39 is 17.3 Å². The fourth-order valence-corrected chi connectivity index (χ4v) is 1.44. The number of hydrogen-bond donors (Lipinski definition) is 1. The third kappa shape index (κ3) is 2.41. The molecule has 0 atom stereocenters. The number of hydrogen-bond acceptors (Lipinski definition) is 4. The number of carbonyl (C=O) groups excluding carboxylic acids is 1. The molecule has 6 heteroatoms. The minimum atomic E-state index is -1.15. The van der Waals surface area contributed by atoms with Gasteiger partial charge in [0.2, 0.25) is 0 Å². The van der Waals surface area contributed by atoms with Gasteiger partial charge in [-0.05, 0) is 18.6 Å². The number of benzene rings is 1. The standard InChI is InChI=1S/C10H9NO5/c1-6-2-7(5-12)3-9(11(15)16)8(6)4-10(13)14/h2-3,5H,4H2,1H3,(H,13,14). The number of nitro groups is 1. The highest BCUT2D eigenvalue weighted by Crippen LogP contribution is 2.24. The van der Waals surface area contributed by atoms with Crippen molar-refractivity contribution in [3.63, 3.8) is 0 Å². The molecule has 16 heavy (non-hydrogen) atoms. The molecule has 0 saturated carbocycles. The molecule has 0 spiro atoms. The molecule has 0 radical (unpaired) electrons. The molecule has 0 amide bonds. The van der Waals surface area contributed by atoms with Gasteiger partial charge in [-0.25, -0.2) is 0 Å². The Kier molecular flexibility index (Phi) is 3.34. The number of nitrogens with zero attached hydrogens (tertiary/aromatic N) is 1. The molecular weight excluding hydrogens is 214 g/mol. The smallest absolute Gasteiger partial charge is 0.308 e. The summed E-state index contributed by atoms with van der Waals surface area (Å²) >= 11 is 0. The van der Waals surface area contributed by atoms with Gasteiger partial charge in [0.05, 0.1) is 11.3 Å². The highest BCUT2D eigenvalue weighted by molar-refractivity contribution is 5.79. The molecule has 0 saturated heterocycles. The summed E-state index contributed by atoms with van der Waals surface area (Å²) < 4.78 is 0. The summed E-state index contributed by atoms with van der Waals surface area (Å²) in [7, 11) is 0. The first-order valence-corrected chi connectivity index (χ1v) is 4.40. The zero-order valence-corrected chi connectivity index (χ0v) is 8.47. The van der Waals surface area contributed by atoms with Crippen molar-refractivity contribution in [2.24, 2.45) is 0 Å². The molecule has 0 heterocycles. The molecule has 1 N–H and O–H groups in total. The van der Waals surface area contributed by atoms with E-state index in [2.05, 4.69) is 0 Å². The number of aryl methyl sites for hydroxylation is 1. The minimum absolute atomic E-state index is 0.128. The summed E-state index contributed by atoms with van der Waals surface area (Å²) in [5.74, 6) is -1.15. The van der Waals surface area contributed by atoms with Gasteiger partial charge in [-0.2, -0.15) is 0 Å². The summed E-state index contributed by atoms with van der Waals surface area (Å²) in [6.45, 7) is 1.54. The number of aldehydes is 1. The first-order chi connectivity index (χ1) is 7.45. The second kappa shape index (κ2) is 4.52. The van der Waals surface area contributed by atoms with Crippen molar-refractivity contribution in [2.45, 2.75) is 13.3 Å². The van der Waals surface area contributed by atoms with Crippen LogP contribution < -0.4 is 0 Å². The van der Waals surface area contributed by atoms with Gasteiger partial charge in [-0.3, -0.25) is 19.7 Å². The predicted molar refractivity (Wildman–Crippen MR) is 54.6 cm³/mol. The van der Waals surface area contributed by atoms with Gasteiger partial charge in [-0.1, -0.05) is 0 Å². The fraction of sp³-hybridized carbons (Fsp3) is 0.200. The Bertz CT molecular complexity index is 467. The van der Waals surface area contributed by atoms with Crippen LogP contribution in [0.3, 0.4) is 0 Å². The van der Waals surface area contributed by atoms with Gasteiger partial charge < -0.3 is 5.11 Å². The fourth-order valence-electron chi connectivity index (χ4n) is 1.44. The molecule has 0 aliphatic rings. The van der Waals surface area contributed by atoms with Gasteiger partial charge in [-0.15, -0.1) is 0 Å². The number of carbonyl (C=O) groups is 2. The van der Waals surface area contributed by atoms with Gasteiger partial charge in [0.25, 0.3) is 5.69 Å². The zero-order chi connectivity index (χ0) is 12.3. The number of carboxylic acid groups (broad SMARTS) is 1. The molecule has 0 bridgehead atoms. The van der Waals surface area contributed by atoms with Crippen molar-refractivity contribution < 1.29 is 19.6 Å². The van der Waals surface area contributed by atoms with Gasteiger partial charge in [0.1, 0.15) is 6.29 Å². The van der Waals surface area contributed by atoms with Crippen LogP contribution >= 0.6 is 0 Å². The average Bonchev–Trinajstić information content (AvgIpc) is 2.19. The molecule has 0 aliphatic heterocycles. The van der Waals surface area contributed by atoms with Crippen LogP contribution in [0.25, 0.3) is 0 Å². The molecule has 1 aromatic carbocycles. The maximum atomic E-state index is 10.7. The lowest BCUT2D eigenvalue weighted by molar-refractivity contribution is -0.385. The van der Waals surface area contributed by atoms with Crippen molar-refractivity contribution in [1.82, 2.24) is 0 Å². The lowest BCUT2D eigenvalue weighted by atomic mass is 10.0. The van der Waals surface area contributed by atoms with Crippen LogP contribution in [0.2, 0.25) is 0 Å². The van der Waals surface area contributed by atoms with Crippen molar-refractivity contribution in [3.8, 4) is 0 Å². The van der Waals surface area contributed by atoms with E-state index in [9.17, 15) is 19.7 Å². The molecule has 0 aliphatic carbocycles. The summed E-state index contributed by atoms with van der Waals surface area (Å²) in [5, 5.41) is 19.4. The molecule has 6 nitrogen and oxygen atoms in total. The summed E-state index contributed by atoms with van der Waals surface area (Å²) in [5.41, 5.74) is 0.393. The number of rotatable bonds is 4. The lowest BCUT2D eigenvalue weighted by Gasteiger charge is -2.05. The van der Waals surface area contributed by atoms with E-state index in [-0.39, 0.29) is 16.8 Å². The Balaban J connectivity index is 3.39. The second-order valence-electron chi connectivity index (χ2n) is 3.28. The number of nitro benzene ring substituents is 1. The summed E-state index contributed by atoms with van der Waals surface area (Å²) in [6.07, 6.45) is 0.0613. The van der Waals surface area contributed by atoms with Gasteiger partial charge in [0, 0.05) is 17.2 Å². The zero-order valence-electron chi connectivity index (χ0n) is 8.47. The lowest BCUT2D eigenvalue weighted by Crippen LogP contribution is -2.06.